The minimum absolute atomic E-state index is 0.0135. The summed E-state index contributed by atoms with van der Waals surface area (Å²) in [6.45, 7) is -0.0135. The van der Waals surface area contributed by atoms with Gasteiger partial charge < -0.3 is 9.47 Å². The van der Waals surface area contributed by atoms with Crippen molar-refractivity contribution >= 4 is 33.7 Å². The number of carbonyl (C=O) groups is 2. The largest absolute Gasteiger partial charge is 0.465 e. The summed E-state index contributed by atoms with van der Waals surface area (Å²) in [6, 6.07) is 17.9. The highest BCUT2D eigenvalue weighted by molar-refractivity contribution is 6.04. The Morgan fingerprint density at radius 2 is 1.71 bits per heavy atom. The molecule has 6 nitrogen and oxygen atoms in total. The number of hydrogen-bond donors (Lipinski definition) is 0. The number of nitrogens with zero attached hydrogens (tertiary/aromatic N) is 2. The van der Waals surface area contributed by atoms with Gasteiger partial charge in [0.05, 0.1) is 23.7 Å². The SMILES string of the molecule is COC(=O)c1cccc2nccc(COC(=O)c3ccc4ccccc4n3)c12. The van der Waals surface area contributed by atoms with Gasteiger partial charge in [0.1, 0.15) is 12.3 Å². The molecule has 0 fully saturated rings. The van der Waals surface area contributed by atoms with E-state index in [1.165, 1.54) is 7.11 Å². The molecule has 2 heterocycles. The highest BCUT2D eigenvalue weighted by atomic mass is 16.5. The molecule has 0 unspecified atom stereocenters. The van der Waals surface area contributed by atoms with E-state index in [0.717, 1.165) is 10.9 Å². The zero-order valence-corrected chi connectivity index (χ0v) is 15.1. The molecule has 0 aliphatic heterocycles. The zero-order valence-electron chi connectivity index (χ0n) is 15.1. The van der Waals surface area contributed by atoms with Crippen LogP contribution in [0.2, 0.25) is 0 Å². The van der Waals surface area contributed by atoms with Gasteiger partial charge in [-0.15, -0.1) is 0 Å². The fraction of sp³-hybridized carbons (Fsp3) is 0.0909. The van der Waals surface area contributed by atoms with Crippen molar-refractivity contribution in [2.24, 2.45) is 0 Å². The zero-order chi connectivity index (χ0) is 19.5. The van der Waals surface area contributed by atoms with Gasteiger partial charge in [0.25, 0.3) is 0 Å². The lowest BCUT2D eigenvalue weighted by molar-refractivity contribution is 0.0468. The Hall–Kier alpha value is -3.80. The van der Waals surface area contributed by atoms with Gasteiger partial charge in [0.15, 0.2) is 0 Å². The van der Waals surface area contributed by atoms with E-state index in [1.54, 1.807) is 36.5 Å². The normalized spacial score (nSPS) is 10.8. The maximum atomic E-state index is 12.5. The molecule has 0 saturated heterocycles. The van der Waals surface area contributed by atoms with Crippen molar-refractivity contribution in [3.05, 3.63) is 83.7 Å². The highest BCUT2D eigenvalue weighted by Crippen LogP contribution is 2.23. The number of benzene rings is 2. The highest BCUT2D eigenvalue weighted by Gasteiger charge is 2.16. The third-order valence-corrected chi connectivity index (χ3v) is 4.42. The standard InChI is InChI=1S/C22H16N2O4/c1-27-21(25)16-6-4-8-18-20(16)15(11-12-23-18)13-28-22(26)19-10-9-14-5-2-3-7-17(14)24-19/h2-12H,13H2,1H3. The van der Waals surface area contributed by atoms with Gasteiger partial charge >= 0.3 is 11.9 Å². The summed E-state index contributed by atoms with van der Waals surface area (Å²) in [5.74, 6) is -1.01. The molecular weight excluding hydrogens is 356 g/mol. The third-order valence-electron chi connectivity index (χ3n) is 4.42. The third kappa shape index (κ3) is 3.27. The topological polar surface area (TPSA) is 78.4 Å². The molecule has 0 bridgehead atoms. The number of carbonyl (C=O) groups excluding carboxylic acids is 2. The first-order valence-electron chi connectivity index (χ1n) is 8.65. The van der Waals surface area contributed by atoms with Crippen molar-refractivity contribution in [2.75, 3.05) is 7.11 Å². The minimum atomic E-state index is -0.536. The molecule has 2 aromatic carbocycles. The van der Waals surface area contributed by atoms with Crippen molar-refractivity contribution in [1.29, 1.82) is 0 Å². The van der Waals surface area contributed by atoms with Crippen LogP contribution in [0.1, 0.15) is 26.4 Å². The van der Waals surface area contributed by atoms with Gasteiger partial charge in [-0.2, -0.15) is 0 Å². The van der Waals surface area contributed by atoms with Gasteiger partial charge in [-0.1, -0.05) is 30.3 Å². The number of methoxy groups -OCH3 is 1. The van der Waals surface area contributed by atoms with Crippen LogP contribution in [0.5, 0.6) is 0 Å². The predicted octanol–water partition coefficient (Wildman–Crippen LogP) is 3.93. The molecule has 0 atom stereocenters. The molecule has 4 aromatic rings. The quantitative estimate of drug-likeness (QED) is 0.505. The van der Waals surface area contributed by atoms with Crippen LogP contribution in [-0.2, 0) is 16.1 Å². The lowest BCUT2D eigenvalue weighted by Crippen LogP contribution is -2.09. The van der Waals surface area contributed by atoms with E-state index in [4.69, 9.17) is 9.47 Å². The Morgan fingerprint density at radius 3 is 2.57 bits per heavy atom. The van der Waals surface area contributed by atoms with Crippen molar-refractivity contribution in [1.82, 2.24) is 9.97 Å². The monoisotopic (exact) mass is 372 g/mol. The van der Waals surface area contributed by atoms with Crippen molar-refractivity contribution in [3.63, 3.8) is 0 Å². The first kappa shape index (κ1) is 17.6. The Bertz CT molecular complexity index is 1200. The number of ether oxygens (including phenoxy) is 2. The van der Waals surface area contributed by atoms with Crippen molar-refractivity contribution in [2.45, 2.75) is 6.61 Å². The molecule has 0 N–H and O–H groups in total. The maximum absolute atomic E-state index is 12.5. The first-order chi connectivity index (χ1) is 13.7. The molecule has 28 heavy (non-hydrogen) atoms. The molecule has 138 valence electrons. The minimum Gasteiger partial charge on any atom is -0.465 e. The number of fused-ring (bicyclic) bond motifs is 2. The van der Waals surface area contributed by atoms with E-state index in [2.05, 4.69) is 9.97 Å². The lowest BCUT2D eigenvalue weighted by Gasteiger charge is -2.10. The summed E-state index contributed by atoms with van der Waals surface area (Å²) in [4.78, 5) is 33.2. The summed E-state index contributed by atoms with van der Waals surface area (Å²) >= 11 is 0. The summed E-state index contributed by atoms with van der Waals surface area (Å²) in [7, 11) is 1.32. The molecule has 0 aliphatic rings. The average molecular weight is 372 g/mol. The van der Waals surface area contributed by atoms with Crippen molar-refractivity contribution in [3.8, 4) is 0 Å². The van der Waals surface area contributed by atoms with Crippen LogP contribution in [0.3, 0.4) is 0 Å². The molecule has 0 saturated carbocycles. The van der Waals surface area contributed by atoms with Crippen LogP contribution in [0.4, 0.5) is 0 Å². The maximum Gasteiger partial charge on any atom is 0.357 e. The van der Waals surface area contributed by atoms with Crippen LogP contribution < -0.4 is 0 Å². The molecule has 0 spiro atoms. The van der Waals surface area contributed by atoms with Crippen molar-refractivity contribution < 1.29 is 19.1 Å². The van der Waals surface area contributed by atoms with E-state index in [0.29, 0.717) is 22.0 Å². The molecule has 4 rings (SSSR count). The molecule has 0 aliphatic carbocycles. The van der Waals surface area contributed by atoms with E-state index in [-0.39, 0.29) is 12.3 Å². The van der Waals surface area contributed by atoms with Crippen LogP contribution in [0, 0.1) is 0 Å². The van der Waals surface area contributed by atoms with Crippen LogP contribution in [0.25, 0.3) is 21.8 Å². The Morgan fingerprint density at radius 1 is 0.893 bits per heavy atom. The van der Waals surface area contributed by atoms with Gasteiger partial charge in [0.2, 0.25) is 0 Å². The molecular formula is C22H16N2O4. The van der Waals surface area contributed by atoms with Crippen LogP contribution in [-0.4, -0.2) is 29.0 Å². The van der Waals surface area contributed by atoms with Crippen LogP contribution in [0.15, 0.2) is 66.9 Å². The van der Waals surface area contributed by atoms with Gasteiger partial charge in [-0.25, -0.2) is 14.6 Å². The average Bonchev–Trinajstić information content (AvgIpc) is 2.76. The Kier molecular flexibility index (Phi) is 4.68. The summed E-state index contributed by atoms with van der Waals surface area (Å²) in [5, 5.41) is 1.55. The molecule has 0 amide bonds. The molecule has 6 heteroatoms. The van der Waals surface area contributed by atoms with E-state index in [1.807, 2.05) is 30.3 Å². The number of rotatable bonds is 4. The summed E-state index contributed by atoms with van der Waals surface area (Å²) in [6.07, 6.45) is 1.61. The van der Waals surface area contributed by atoms with E-state index < -0.39 is 11.9 Å². The number of hydrogen-bond acceptors (Lipinski definition) is 6. The lowest BCUT2D eigenvalue weighted by atomic mass is 10.0. The second-order valence-corrected chi connectivity index (χ2v) is 6.13. The van der Waals surface area contributed by atoms with Crippen LogP contribution >= 0.6 is 0 Å². The number of para-hydroxylation sites is 1. The number of aromatic nitrogens is 2. The van der Waals surface area contributed by atoms with Gasteiger partial charge in [-0.3, -0.25) is 4.98 Å². The molecule has 2 aromatic heterocycles. The predicted molar refractivity (Wildman–Crippen MR) is 104 cm³/mol. The Labute approximate surface area is 160 Å². The Balaban J connectivity index is 1.63. The smallest absolute Gasteiger partial charge is 0.357 e. The first-order valence-corrected chi connectivity index (χ1v) is 8.65. The second-order valence-electron chi connectivity index (χ2n) is 6.13. The van der Waals surface area contributed by atoms with E-state index in [9.17, 15) is 9.59 Å². The summed E-state index contributed by atoms with van der Waals surface area (Å²) < 4.78 is 10.3. The van der Waals surface area contributed by atoms with E-state index >= 15 is 0 Å². The fourth-order valence-corrected chi connectivity index (χ4v) is 3.07. The fourth-order valence-electron chi connectivity index (χ4n) is 3.07. The van der Waals surface area contributed by atoms with Gasteiger partial charge in [-0.05, 0) is 30.3 Å². The summed E-state index contributed by atoms with van der Waals surface area (Å²) in [5.41, 5.74) is 2.62. The van der Waals surface area contributed by atoms with Gasteiger partial charge in [0, 0.05) is 22.5 Å². The number of pyridine rings is 2. The number of esters is 2. The molecule has 0 radical (unpaired) electrons. The second kappa shape index (κ2) is 7.44.